The normalized spacial score (nSPS) is 20.4. The average molecular weight is 328 g/mol. The molecule has 2 nitrogen and oxygen atoms in total. The molecule has 1 aliphatic heterocycles. The van der Waals surface area contributed by atoms with Crippen LogP contribution < -0.4 is 5.73 Å². The summed E-state index contributed by atoms with van der Waals surface area (Å²) in [5.41, 5.74) is 6.16. The third-order valence-electron chi connectivity index (χ3n) is 4.80. The Bertz CT molecular complexity index is 491. The second kappa shape index (κ2) is 7.67. The zero-order valence-corrected chi connectivity index (χ0v) is 13.9. The third-order valence-corrected chi connectivity index (χ3v) is 4.80. The van der Waals surface area contributed by atoms with E-state index in [0.717, 1.165) is 50.4 Å². The van der Waals surface area contributed by atoms with E-state index in [2.05, 4.69) is 11.9 Å². The fraction of sp³-hybridized carbons (Fsp3) is 0.667. The molecule has 2 rings (SSSR count). The average Bonchev–Trinajstić information content (AvgIpc) is 2.48. The van der Waals surface area contributed by atoms with Gasteiger partial charge in [-0.05, 0) is 76.2 Å². The van der Waals surface area contributed by atoms with E-state index in [-0.39, 0.29) is 12.0 Å². The maximum atomic E-state index is 13.0. The summed E-state index contributed by atoms with van der Waals surface area (Å²) < 4.78 is 38.9. The molecular weight excluding hydrogens is 301 g/mol. The highest BCUT2D eigenvalue weighted by atomic mass is 19.4. The van der Waals surface area contributed by atoms with Crippen molar-refractivity contribution in [1.82, 2.24) is 4.90 Å². The summed E-state index contributed by atoms with van der Waals surface area (Å²) in [6.45, 7) is 4.06. The molecule has 0 radical (unpaired) electrons. The van der Waals surface area contributed by atoms with Crippen molar-refractivity contribution in [3.8, 4) is 0 Å². The molecule has 0 aliphatic carbocycles. The zero-order valence-electron chi connectivity index (χ0n) is 13.9. The topological polar surface area (TPSA) is 29.3 Å². The number of nitrogens with two attached hydrogens (primary N) is 1. The molecule has 130 valence electrons. The molecule has 5 heteroatoms. The molecule has 1 heterocycles. The summed E-state index contributed by atoms with van der Waals surface area (Å²) in [5, 5.41) is 0. The Hall–Kier alpha value is -1.07. The number of hydrogen-bond donors (Lipinski definition) is 1. The van der Waals surface area contributed by atoms with Crippen LogP contribution in [0.2, 0.25) is 0 Å². The van der Waals surface area contributed by atoms with Crippen LogP contribution in [0.15, 0.2) is 24.3 Å². The molecule has 0 bridgehead atoms. The minimum absolute atomic E-state index is 0.0131. The van der Waals surface area contributed by atoms with Crippen molar-refractivity contribution in [2.45, 2.75) is 50.7 Å². The van der Waals surface area contributed by atoms with E-state index >= 15 is 0 Å². The highest BCUT2D eigenvalue weighted by Crippen LogP contribution is 2.36. The van der Waals surface area contributed by atoms with Gasteiger partial charge in [-0.2, -0.15) is 13.2 Å². The number of piperidine rings is 1. The van der Waals surface area contributed by atoms with E-state index in [0.29, 0.717) is 5.92 Å². The van der Waals surface area contributed by atoms with Crippen molar-refractivity contribution in [2.24, 2.45) is 11.7 Å². The van der Waals surface area contributed by atoms with E-state index < -0.39 is 11.7 Å². The molecule has 0 spiro atoms. The Labute approximate surface area is 136 Å². The fourth-order valence-corrected chi connectivity index (χ4v) is 3.49. The first kappa shape index (κ1) is 18.3. The lowest BCUT2D eigenvalue weighted by Gasteiger charge is -2.32. The van der Waals surface area contributed by atoms with E-state index in [1.54, 1.807) is 0 Å². The van der Waals surface area contributed by atoms with Gasteiger partial charge in [0.05, 0.1) is 5.56 Å². The smallest absolute Gasteiger partial charge is 0.328 e. The summed E-state index contributed by atoms with van der Waals surface area (Å²) in [7, 11) is 2.11. The van der Waals surface area contributed by atoms with Crippen molar-refractivity contribution < 1.29 is 13.2 Å². The van der Waals surface area contributed by atoms with Crippen molar-refractivity contribution in [2.75, 3.05) is 20.1 Å². The van der Waals surface area contributed by atoms with Gasteiger partial charge in [0, 0.05) is 6.04 Å². The molecule has 2 atom stereocenters. The maximum Gasteiger partial charge on any atom is 0.416 e. The zero-order chi connectivity index (χ0) is 17.0. The van der Waals surface area contributed by atoms with E-state index in [9.17, 15) is 13.2 Å². The predicted octanol–water partition coefficient (Wildman–Crippen LogP) is 4.26. The van der Waals surface area contributed by atoms with Gasteiger partial charge in [-0.15, -0.1) is 0 Å². The summed E-state index contributed by atoms with van der Waals surface area (Å²) in [4.78, 5) is 2.31. The lowest BCUT2D eigenvalue weighted by molar-refractivity contribution is -0.137. The highest BCUT2D eigenvalue weighted by Gasteiger charge is 2.31. The van der Waals surface area contributed by atoms with Crippen LogP contribution in [-0.4, -0.2) is 31.1 Å². The molecular formula is C18H27F3N2. The van der Waals surface area contributed by atoms with Crippen molar-refractivity contribution in [1.29, 1.82) is 0 Å². The molecule has 1 aliphatic rings. The Balaban J connectivity index is 2.14. The first-order valence-electron chi connectivity index (χ1n) is 8.37. The van der Waals surface area contributed by atoms with E-state index in [1.807, 2.05) is 13.0 Å². The standard InChI is InChI=1S/C18H27F3N2/c1-13(22)10-16(11-14-6-8-23(2)9-7-14)15-4-3-5-17(12-15)18(19,20)21/h3-5,12-14,16H,6-11,22H2,1-2H3. The third kappa shape index (κ3) is 5.50. The van der Waals surface area contributed by atoms with E-state index in [4.69, 9.17) is 5.73 Å². The van der Waals surface area contributed by atoms with Gasteiger partial charge in [-0.25, -0.2) is 0 Å². The van der Waals surface area contributed by atoms with Crippen LogP contribution >= 0.6 is 0 Å². The predicted molar refractivity (Wildman–Crippen MR) is 87.3 cm³/mol. The number of rotatable bonds is 5. The number of benzene rings is 1. The molecule has 0 amide bonds. The molecule has 1 saturated heterocycles. The first-order valence-corrected chi connectivity index (χ1v) is 8.37. The first-order chi connectivity index (χ1) is 10.8. The lowest BCUT2D eigenvalue weighted by atomic mass is 9.81. The Morgan fingerprint density at radius 1 is 1.26 bits per heavy atom. The minimum Gasteiger partial charge on any atom is -0.328 e. The van der Waals surface area contributed by atoms with Crippen LogP contribution in [-0.2, 0) is 6.18 Å². The number of nitrogens with zero attached hydrogens (tertiary/aromatic N) is 1. The summed E-state index contributed by atoms with van der Waals surface area (Å²) in [5.74, 6) is 0.676. The van der Waals surface area contributed by atoms with Gasteiger partial charge < -0.3 is 10.6 Å². The van der Waals surface area contributed by atoms with Crippen LogP contribution in [0.5, 0.6) is 0 Å². The van der Waals surface area contributed by atoms with Crippen LogP contribution in [0.4, 0.5) is 13.2 Å². The molecule has 1 aromatic rings. The Morgan fingerprint density at radius 3 is 2.48 bits per heavy atom. The number of hydrogen-bond acceptors (Lipinski definition) is 2. The van der Waals surface area contributed by atoms with Crippen molar-refractivity contribution >= 4 is 0 Å². The fourth-order valence-electron chi connectivity index (χ4n) is 3.49. The Morgan fingerprint density at radius 2 is 1.91 bits per heavy atom. The summed E-state index contributed by atoms with van der Waals surface area (Å²) >= 11 is 0. The summed E-state index contributed by atoms with van der Waals surface area (Å²) in [6, 6.07) is 5.77. The number of likely N-dealkylation sites (tertiary alicyclic amines) is 1. The monoisotopic (exact) mass is 328 g/mol. The molecule has 1 aromatic carbocycles. The quantitative estimate of drug-likeness (QED) is 0.875. The number of halogens is 3. The largest absolute Gasteiger partial charge is 0.416 e. The molecule has 23 heavy (non-hydrogen) atoms. The van der Waals surface area contributed by atoms with Gasteiger partial charge in [0.1, 0.15) is 0 Å². The Kier molecular flexibility index (Phi) is 6.09. The van der Waals surface area contributed by atoms with Crippen LogP contribution in [0.25, 0.3) is 0 Å². The van der Waals surface area contributed by atoms with E-state index in [1.165, 1.54) is 12.1 Å². The van der Waals surface area contributed by atoms with Crippen molar-refractivity contribution in [3.63, 3.8) is 0 Å². The van der Waals surface area contributed by atoms with Gasteiger partial charge in [-0.3, -0.25) is 0 Å². The molecule has 0 saturated carbocycles. The SMILES string of the molecule is CC(N)CC(CC1CCN(C)CC1)c1cccc(C(F)(F)F)c1. The van der Waals surface area contributed by atoms with Gasteiger partial charge >= 0.3 is 6.18 Å². The lowest BCUT2D eigenvalue weighted by Crippen LogP contribution is -2.31. The second-order valence-electron chi connectivity index (χ2n) is 7.02. The van der Waals surface area contributed by atoms with Crippen molar-refractivity contribution in [3.05, 3.63) is 35.4 Å². The van der Waals surface area contributed by atoms with Gasteiger partial charge in [0.25, 0.3) is 0 Å². The van der Waals surface area contributed by atoms with Gasteiger partial charge in [0.2, 0.25) is 0 Å². The van der Waals surface area contributed by atoms with Gasteiger partial charge in [0.15, 0.2) is 0 Å². The highest BCUT2D eigenvalue weighted by molar-refractivity contribution is 5.28. The molecule has 0 aromatic heterocycles. The van der Waals surface area contributed by atoms with Crippen LogP contribution in [0, 0.1) is 5.92 Å². The van der Waals surface area contributed by atoms with Crippen LogP contribution in [0.3, 0.4) is 0 Å². The molecule has 1 fully saturated rings. The summed E-state index contributed by atoms with van der Waals surface area (Å²) in [6.07, 6.45) is -0.400. The molecule has 2 N–H and O–H groups in total. The van der Waals surface area contributed by atoms with Crippen LogP contribution in [0.1, 0.15) is 49.7 Å². The minimum atomic E-state index is -4.29. The number of alkyl halides is 3. The molecule has 2 unspecified atom stereocenters. The van der Waals surface area contributed by atoms with Gasteiger partial charge in [-0.1, -0.05) is 18.2 Å². The second-order valence-corrected chi connectivity index (χ2v) is 7.02. The maximum absolute atomic E-state index is 13.0.